The van der Waals surface area contributed by atoms with Crippen molar-refractivity contribution in [3.05, 3.63) is 77.0 Å². The maximum Gasteiger partial charge on any atom is 0.256 e. The molecule has 4 rings (SSSR count). The van der Waals surface area contributed by atoms with Crippen molar-refractivity contribution in [2.24, 2.45) is 0 Å². The number of carbonyl (C=O) groups is 2. The molecule has 2 aromatic carbocycles. The van der Waals surface area contributed by atoms with Crippen molar-refractivity contribution in [2.45, 2.75) is 19.0 Å². The minimum Gasteiger partial charge on any atom is -0.497 e. The second kappa shape index (κ2) is 9.28. The number of hydrogen-bond acceptors (Lipinski definition) is 5. The molecule has 158 valence electrons. The van der Waals surface area contributed by atoms with E-state index in [1.165, 1.54) is 4.90 Å². The highest BCUT2D eigenvalue weighted by Crippen LogP contribution is 2.29. The maximum absolute atomic E-state index is 13.3. The smallest absolute Gasteiger partial charge is 0.256 e. The SMILES string of the molecule is COc1ccc(NC(=O)C[C@@H]2C(=O)N(c3ccccc3)C(=S)N2Cc2cccs2)cc1. The zero-order chi connectivity index (χ0) is 21.8. The van der Waals surface area contributed by atoms with Crippen LogP contribution in [-0.2, 0) is 16.1 Å². The average Bonchev–Trinajstić information content (AvgIpc) is 3.37. The van der Waals surface area contributed by atoms with Gasteiger partial charge in [-0.25, -0.2) is 0 Å². The number of ether oxygens (including phenoxy) is 1. The highest BCUT2D eigenvalue weighted by atomic mass is 32.1. The van der Waals surface area contributed by atoms with Crippen molar-refractivity contribution < 1.29 is 14.3 Å². The highest BCUT2D eigenvalue weighted by molar-refractivity contribution is 7.80. The van der Waals surface area contributed by atoms with E-state index in [0.29, 0.717) is 28.8 Å². The number of hydrogen-bond donors (Lipinski definition) is 1. The molecule has 1 aromatic heterocycles. The largest absolute Gasteiger partial charge is 0.497 e. The van der Waals surface area contributed by atoms with Crippen LogP contribution < -0.4 is 15.0 Å². The summed E-state index contributed by atoms with van der Waals surface area (Å²) in [5.74, 6) is 0.255. The van der Waals surface area contributed by atoms with Crippen LogP contribution in [-0.4, -0.2) is 35.0 Å². The van der Waals surface area contributed by atoms with Gasteiger partial charge in [0.1, 0.15) is 11.8 Å². The number of amides is 2. The summed E-state index contributed by atoms with van der Waals surface area (Å²) in [7, 11) is 1.59. The molecule has 0 radical (unpaired) electrons. The molecule has 1 N–H and O–H groups in total. The number of anilines is 2. The molecule has 1 aliphatic heterocycles. The van der Waals surface area contributed by atoms with Gasteiger partial charge in [-0.05, 0) is 60.1 Å². The molecule has 0 aliphatic carbocycles. The van der Waals surface area contributed by atoms with E-state index in [2.05, 4.69) is 5.32 Å². The normalized spacial score (nSPS) is 16.0. The van der Waals surface area contributed by atoms with Crippen LogP contribution in [0.2, 0.25) is 0 Å². The Balaban J connectivity index is 1.55. The second-order valence-corrected chi connectivity index (χ2v) is 8.39. The molecule has 8 heteroatoms. The van der Waals surface area contributed by atoms with Crippen LogP contribution in [0.15, 0.2) is 72.1 Å². The number of rotatable bonds is 7. The third-order valence-corrected chi connectivity index (χ3v) is 6.27. The zero-order valence-electron chi connectivity index (χ0n) is 16.9. The van der Waals surface area contributed by atoms with E-state index in [0.717, 1.165) is 4.88 Å². The highest BCUT2D eigenvalue weighted by Gasteiger charge is 2.44. The summed E-state index contributed by atoms with van der Waals surface area (Å²) in [6, 6.07) is 19.6. The number of carbonyl (C=O) groups excluding carboxylic acids is 2. The fraction of sp³-hybridized carbons (Fsp3) is 0.174. The predicted octanol–water partition coefficient (Wildman–Crippen LogP) is 4.29. The number of thiophene rings is 1. The van der Waals surface area contributed by atoms with Gasteiger partial charge in [0.05, 0.1) is 25.8 Å². The molecule has 31 heavy (non-hydrogen) atoms. The first-order chi connectivity index (χ1) is 15.1. The number of nitrogens with one attached hydrogen (secondary N) is 1. The first-order valence-corrected chi connectivity index (χ1v) is 11.0. The van der Waals surface area contributed by atoms with E-state index >= 15 is 0 Å². The van der Waals surface area contributed by atoms with Gasteiger partial charge in [0.2, 0.25) is 5.91 Å². The summed E-state index contributed by atoms with van der Waals surface area (Å²) >= 11 is 7.26. The molecule has 2 amide bonds. The molecule has 0 saturated carbocycles. The molecule has 0 spiro atoms. The molecular formula is C23H21N3O3S2. The van der Waals surface area contributed by atoms with Gasteiger partial charge in [0.15, 0.2) is 5.11 Å². The fourth-order valence-corrected chi connectivity index (χ4v) is 4.55. The Labute approximate surface area is 190 Å². The first-order valence-electron chi connectivity index (χ1n) is 9.72. The number of thiocarbonyl (C=S) groups is 1. The Morgan fingerprint density at radius 2 is 1.84 bits per heavy atom. The van der Waals surface area contributed by atoms with Crippen molar-refractivity contribution >= 4 is 51.9 Å². The van der Waals surface area contributed by atoms with Gasteiger partial charge in [0.25, 0.3) is 5.91 Å². The van der Waals surface area contributed by atoms with Gasteiger partial charge in [-0.2, -0.15) is 0 Å². The Bertz CT molecular complexity index is 1070. The number of methoxy groups -OCH3 is 1. The Morgan fingerprint density at radius 3 is 2.48 bits per heavy atom. The van der Waals surface area contributed by atoms with Crippen LogP contribution in [0.3, 0.4) is 0 Å². The zero-order valence-corrected chi connectivity index (χ0v) is 18.5. The van der Waals surface area contributed by atoms with E-state index in [9.17, 15) is 9.59 Å². The Kier molecular flexibility index (Phi) is 6.29. The van der Waals surface area contributed by atoms with E-state index in [1.807, 2.05) is 52.7 Å². The third-order valence-electron chi connectivity index (χ3n) is 4.99. The van der Waals surface area contributed by atoms with Gasteiger partial charge >= 0.3 is 0 Å². The van der Waals surface area contributed by atoms with E-state index in [1.54, 1.807) is 42.7 Å². The van der Waals surface area contributed by atoms with Crippen LogP contribution in [0, 0.1) is 0 Å². The van der Waals surface area contributed by atoms with Crippen molar-refractivity contribution in [1.82, 2.24) is 4.90 Å². The van der Waals surface area contributed by atoms with Crippen molar-refractivity contribution in [2.75, 3.05) is 17.3 Å². The lowest BCUT2D eigenvalue weighted by Gasteiger charge is -2.23. The van der Waals surface area contributed by atoms with Crippen LogP contribution in [0.5, 0.6) is 5.75 Å². The van der Waals surface area contributed by atoms with Crippen molar-refractivity contribution in [1.29, 1.82) is 0 Å². The standard InChI is InChI=1S/C23H21N3O3S2/c1-29-18-11-9-16(10-12-18)24-21(27)14-20-22(28)26(17-6-3-2-4-7-17)23(30)25(20)15-19-8-5-13-31-19/h2-13,20H,14-15H2,1H3,(H,24,27)/t20-/m1/s1. The summed E-state index contributed by atoms with van der Waals surface area (Å²) < 4.78 is 5.14. The summed E-state index contributed by atoms with van der Waals surface area (Å²) in [6.45, 7) is 0.478. The summed E-state index contributed by atoms with van der Waals surface area (Å²) in [4.78, 5) is 30.6. The van der Waals surface area contributed by atoms with E-state index < -0.39 is 6.04 Å². The lowest BCUT2D eigenvalue weighted by atomic mass is 10.1. The third kappa shape index (κ3) is 4.60. The minimum atomic E-state index is -0.673. The lowest BCUT2D eigenvalue weighted by Crippen LogP contribution is -2.37. The Hall–Kier alpha value is -3.23. The van der Waals surface area contributed by atoms with Gasteiger partial charge in [-0.1, -0.05) is 24.3 Å². The van der Waals surface area contributed by atoms with Crippen LogP contribution in [0.25, 0.3) is 0 Å². The molecule has 6 nitrogen and oxygen atoms in total. The summed E-state index contributed by atoms with van der Waals surface area (Å²) in [6.07, 6.45) is -0.000286. The van der Waals surface area contributed by atoms with Crippen molar-refractivity contribution in [3.8, 4) is 5.75 Å². The average molecular weight is 452 g/mol. The van der Waals surface area contributed by atoms with Gasteiger partial charge in [-0.15, -0.1) is 11.3 Å². The molecule has 1 atom stereocenters. The topological polar surface area (TPSA) is 61.9 Å². The molecule has 1 saturated heterocycles. The molecule has 1 fully saturated rings. The number of para-hydroxylation sites is 1. The molecule has 2 heterocycles. The van der Waals surface area contributed by atoms with Crippen LogP contribution in [0.4, 0.5) is 11.4 Å². The Morgan fingerprint density at radius 1 is 1.10 bits per heavy atom. The lowest BCUT2D eigenvalue weighted by molar-refractivity contribution is -0.124. The van der Waals surface area contributed by atoms with Crippen LogP contribution in [0.1, 0.15) is 11.3 Å². The molecular weight excluding hydrogens is 430 g/mol. The van der Waals surface area contributed by atoms with Crippen molar-refractivity contribution in [3.63, 3.8) is 0 Å². The molecule has 1 aliphatic rings. The number of benzene rings is 2. The summed E-state index contributed by atoms with van der Waals surface area (Å²) in [5, 5.41) is 5.25. The van der Waals surface area contributed by atoms with Gasteiger partial charge in [0, 0.05) is 10.6 Å². The molecule has 3 aromatic rings. The minimum absolute atomic E-state index is 0.000286. The van der Waals surface area contributed by atoms with E-state index in [4.69, 9.17) is 17.0 Å². The molecule has 0 unspecified atom stereocenters. The summed E-state index contributed by atoms with van der Waals surface area (Å²) in [5.41, 5.74) is 1.34. The van der Waals surface area contributed by atoms with Gasteiger partial charge in [-0.3, -0.25) is 14.5 Å². The number of nitrogens with zero attached hydrogens (tertiary/aromatic N) is 2. The fourth-order valence-electron chi connectivity index (χ4n) is 3.46. The quantitative estimate of drug-likeness (QED) is 0.543. The first kappa shape index (κ1) is 21.0. The predicted molar refractivity (Wildman–Crippen MR) is 126 cm³/mol. The van der Waals surface area contributed by atoms with Gasteiger partial charge < -0.3 is 15.0 Å². The van der Waals surface area contributed by atoms with E-state index in [-0.39, 0.29) is 18.2 Å². The van der Waals surface area contributed by atoms with Crippen LogP contribution >= 0.6 is 23.6 Å². The monoisotopic (exact) mass is 451 g/mol. The molecule has 0 bridgehead atoms. The second-order valence-electron chi connectivity index (χ2n) is 7.00. The maximum atomic E-state index is 13.3.